The average Bonchev–Trinajstić information content (AvgIpc) is 2.50. The summed E-state index contributed by atoms with van der Waals surface area (Å²) in [5.74, 6) is -3.04. The summed E-state index contributed by atoms with van der Waals surface area (Å²) in [5.41, 5.74) is 1.11. The van der Waals surface area contributed by atoms with Gasteiger partial charge in [0, 0.05) is 24.0 Å². The Labute approximate surface area is 157 Å². The number of thioether (sulfide) groups is 1. The van der Waals surface area contributed by atoms with Crippen molar-refractivity contribution in [2.24, 2.45) is 11.8 Å². The molecule has 4 nitrogen and oxygen atoms in total. The second-order valence-electron chi connectivity index (χ2n) is 7.21. The van der Waals surface area contributed by atoms with E-state index in [-0.39, 0.29) is 11.2 Å². The van der Waals surface area contributed by atoms with E-state index < -0.39 is 23.6 Å². The molecule has 1 aromatic rings. The summed E-state index contributed by atoms with van der Waals surface area (Å²) in [7, 11) is 0. The van der Waals surface area contributed by atoms with Crippen LogP contribution >= 0.6 is 23.4 Å². The summed E-state index contributed by atoms with van der Waals surface area (Å²) in [5, 5.41) is 0.850. The smallest absolute Gasteiger partial charge is 0.323 e. The molecule has 0 N–H and O–H groups in total. The molecule has 2 aliphatic rings. The van der Waals surface area contributed by atoms with Crippen LogP contribution < -0.4 is 0 Å². The van der Waals surface area contributed by atoms with Gasteiger partial charge in [-0.1, -0.05) is 36.6 Å². The van der Waals surface area contributed by atoms with Gasteiger partial charge in [-0.2, -0.15) is 0 Å². The standard InChI is InChI=1S/C19H23ClO4S/c1-11-7-6-9-13(20)16(11)25-14-10-5-4-8-12(14)15-17(21)23-19(2,3)24-18(15)22/h6-7,9,12,14-15H,4-5,8,10H2,1-3H3/t12-,14-/m0/s1. The molecule has 0 unspecified atom stereocenters. The van der Waals surface area contributed by atoms with Crippen molar-refractivity contribution in [3.8, 4) is 0 Å². The monoisotopic (exact) mass is 382 g/mol. The lowest BCUT2D eigenvalue weighted by atomic mass is 9.79. The molecule has 1 saturated heterocycles. The van der Waals surface area contributed by atoms with E-state index in [0.29, 0.717) is 5.02 Å². The third kappa shape index (κ3) is 3.98. The SMILES string of the molecule is Cc1cccc(Cl)c1S[C@H]1CCCC[C@@H]1C1C(=O)OC(C)(C)OC1=O. The summed E-state index contributed by atoms with van der Waals surface area (Å²) in [6.45, 7) is 5.19. The van der Waals surface area contributed by atoms with Crippen LogP contribution in [0.25, 0.3) is 0 Å². The van der Waals surface area contributed by atoms with E-state index in [4.69, 9.17) is 21.1 Å². The fourth-order valence-electron chi connectivity index (χ4n) is 3.65. The van der Waals surface area contributed by atoms with Gasteiger partial charge in [0.15, 0.2) is 5.92 Å². The van der Waals surface area contributed by atoms with Crippen molar-refractivity contribution in [3.63, 3.8) is 0 Å². The number of hydrogen-bond donors (Lipinski definition) is 0. The van der Waals surface area contributed by atoms with E-state index >= 15 is 0 Å². The molecule has 1 aliphatic carbocycles. The molecular formula is C19H23ClO4S. The minimum atomic E-state index is -1.18. The summed E-state index contributed by atoms with van der Waals surface area (Å²) in [4.78, 5) is 26.0. The molecule has 0 spiro atoms. The fraction of sp³-hybridized carbons (Fsp3) is 0.579. The highest BCUT2D eigenvalue weighted by atomic mass is 35.5. The van der Waals surface area contributed by atoms with Crippen LogP contribution in [-0.4, -0.2) is 23.0 Å². The van der Waals surface area contributed by atoms with Crippen LogP contribution in [0, 0.1) is 18.8 Å². The maximum atomic E-state index is 12.5. The van der Waals surface area contributed by atoms with Crippen molar-refractivity contribution in [2.45, 2.75) is 62.4 Å². The van der Waals surface area contributed by atoms with Gasteiger partial charge >= 0.3 is 11.9 Å². The normalized spacial score (nSPS) is 26.9. The zero-order chi connectivity index (χ0) is 18.2. The maximum absolute atomic E-state index is 12.5. The summed E-state index contributed by atoms with van der Waals surface area (Å²) < 4.78 is 10.7. The van der Waals surface area contributed by atoms with Crippen molar-refractivity contribution in [3.05, 3.63) is 28.8 Å². The Morgan fingerprint density at radius 1 is 1.12 bits per heavy atom. The lowest BCUT2D eigenvalue weighted by molar-refractivity contribution is -0.243. The molecule has 1 aliphatic heterocycles. The van der Waals surface area contributed by atoms with Crippen LogP contribution in [0.1, 0.15) is 45.1 Å². The Hall–Kier alpha value is -1.20. The van der Waals surface area contributed by atoms with Crippen molar-refractivity contribution in [1.29, 1.82) is 0 Å². The molecule has 3 rings (SSSR count). The largest absolute Gasteiger partial charge is 0.422 e. The first-order valence-corrected chi connectivity index (χ1v) is 9.92. The van der Waals surface area contributed by atoms with Crippen molar-refractivity contribution in [1.82, 2.24) is 0 Å². The number of carbonyl (C=O) groups is 2. The molecule has 2 fully saturated rings. The molecule has 0 bridgehead atoms. The van der Waals surface area contributed by atoms with E-state index in [2.05, 4.69) is 0 Å². The van der Waals surface area contributed by atoms with E-state index in [0.717, 1.165) is 36.1 Å². The second kappa shape index (κ2) is 7.20. The minimum absolute atomic E-state index is 0.0921. The van der Waals surface area contributed by atoms with Crippen LogP contribution in [0.5, 0.6) is 0 Å². The highest BCUT2D eigenvalue weighted by molar-refractivity contribution is 8.00. The second-order valence-corrected chi connectivity index (χ2v) is 8.87. The van der Waals surface area contributed by atoms with Gasteiger partial charge in [0.1, 0.15) is 0 Å². The number of rotatable bonds is 3. The fourth-order valence-corrected chi connectivity index (χ4v) is 5.49. The highest BCUT2D eigenvalue weighted by Gasteiger charge is 2.49. The Morgan fingerprint density at radius 2 is 1.76 bits per heavy atom. The third-order valence-corrected chi connectivity index (χ3v) is 6.91. The number of benzene rings is 1. The first-order valence-electron chi connectivity index (χ1n) is 8.66. The van der Waals surface area contributed by atoms with Gasteiger partial charge in [0.25, 0.3) is 5.79 Å². The molecule has 0 radical (unpaired) electrons. The van der Waals surface area contributed by atoms with Crippen LogP contribution in [-0.2, 0) is 19.1 Å². The topological polar surface area (TPSA) is 52.6 Å². The summed E-state index contributed by atoms with van der Waals surface area (Å²) in [6.07, 6.45) is 3.85. The van der Waals surface area contributed by atoms with Crippen molar-refractivity contribution in [2.75, 3.05) is 0 Å². The molecule has 1 aromatic carbocycles. The summed E-state index contributed by atoms with van der Waals surface area (Å²) in [6, 6.07) is 5.83. The number of halogens is 1. The number of cyclic esters (lactones) is 2. The maximum Gasteiger partial charge on any atom is 0.323 e. The van der Waals surface area contributed by atoms with Crippen molar-refractivity contribution >= 4 is 35.3 Å². The van der Waals surface area contributed by atoms with Crippen LogP contribution in [0.3, 0.4) is 0 Å². The molecular weight excluding hydrogens is 360 g/mol. The van der Waals surface area contributed by atoms with Gasteiger partial charge in [0.05, 0.1) is 5.02 Å². The Kier molecular flexibility index (Phi) is 5.35. The quantitative estimate of drug-likeness (QED) is 0.557. The van der Waals surface area contributed by atoms with Gasteiger partial charge in [-0.15, -0.1) is 11.8 Å². The van der Waals surface area contributed by atoms with Crippen LogP contribution in [0.4, 0.5) is 0 Å². The number of aryl methyl sites for hydroxylation is 1. The van der Waals surface area contributed by atoms with E-state index in [1.807, 2.05) is 25.1 Å². The lowest BCUT2D eigenvalue weighted by Gasteiger charge is -2.40. The average molecular weight is 383 g/mol. The zero-order valence-corrected chi connectivity index (χ0v) is 16.3. The van der Waals surface area contributed by atoms with Gasteiger partial charge in [0.2, 0.25) is 0 Å². The Bertz CT molecular complexity index is 648. The minimum Gasteiger partial charge on any atom is -0.422 e. The third-order valence-electron chi connectivity index (χ3n) is 4.82. The van der Waals surface area contributed by atoms with E-state index in [1.54, 1.807) is 25.6 Å². The number of hydrogen-bond acceptors (Lipinski definition) is 5. The zero-order valence-electron chi connectivity index (χ0n) is 14.7. The number of ether oxygens (including phenoxy) is 2. The molecule has 6 heteroatoms. The molecule has 136 valence electrons. The summed E-state index contributed by atoms with van der Waals surface area (Å²) >= 11 is 8.05. The van der Waals surface area contributed by atoms with Crippen LogP contribution in [0.15, 0.2) is 23.1 Å². The molecule has 2 atom stereocenters. The number of esters is 2. The first kappa shape index (κ1) is 18.6. The van der Waals surface area contributed by atoms with E-state index in [1.165, 1.54) is 0 Å². The van der Waals surface area contributed by atoms with Gasteiger partial charge in [-0.05, 0) is 37.3 Å². The van der Waals surface area contributed by atoms with E-state index in [9.17, 15) is 9.59 Å². The molecule has 1 saturated carbocycles. The molecule has 0 aromatic heterocycles. The van der Waals surface area contributed by atoms with Gasteiger partial charge in [-0.3, -0.25) is 9.59 Å². The van der Waals surface area contributed by atoms with Crippen molar-refractivity contribution < 1.29 is 19.1 Å². The van der Waals surface area contributed by atoms with Gasteiger partial charge < -0.3 is 9.47 Å². The van der Waals surface area contributed by atoms with Crippen LogP contribution in [0.2, 0.25) is 5.02 Å². The molecule has 0 amide bonds. The Balaban J connectivity index is 1.84. The Morgan fingerprint density at radius 3 is 2.40 bits per heavy atom. The first-order chi connectivity index (χ1) is 11.8. The predicted octanol–water partition coefficient (Wildman–Crippen LogP) is 4.75. The predicted molar refractivity (Wildman–Crippen MR) is 97.5 cm³/mol. The lowest BCUT2D eigenvalue weighted by Crippen LogP contribution is -2.50. The number of carbonyl (C=O) groups excluding carboxylic acids is 2. The molecule has 25 heavy (non-hydrogen) atoms. The van der Waals surface area contributed by atoms with Gasteiger partial charge in [-0.25, -0.2) is 0 Å². The molecule has 1 heterocycles. The highest BCUT2D eigenvalue weighted by Crippen LogP contribution is 2.45.